The molecule has 0 bridgehead atoms. The van der Waals surface area contributed by atoms with Crippen molar-refractivity contribution in [1.82, 2.24) is 4.72 Å². The number of carboxylic acids is 1. The van der Waals surface area contributed by atoms with E-state index in [0.29, 0.717) is 19.3 Å². The molecule has 0 amide bonds. The molecule has 120 valence electrons. The topological polar surface area (TPSA) is 107 Å². The number of nitriles is 1. The maximum Gasteiger partial charge on any atom is 0.307 e. The van der Waals surface area contributed by atoms with Crippen molar-refractivity contribution in [2.24, 2.45) is 17.3 Å². The van der Waals surface area contributed by atoms with Gasteiger partial charge in [-0.1, -0.05) is 26.7 Å². The number of carbonyl (C=O) groups is 1. The molecular formula is C14H24N2O4S. The summed E-state index contributed by atoms with van der Waals surface area (Å²) in [6, 6.07) is 2.14. The molecule has 1 fully saturated rings. The minimum absolute atomic E-state index is 0.114. The van der Waals surface area contributed by atoms with E-state index in [2.05, 4.69) is 10.8 Å². The van der Waals surface area contributed by atoms with Crippen LogP contribution in [0.25, 0.3) is 0 Å². The van der Waals surface area contributed by atoms with E-state index in [4.69, 9.17) is 5.11 Å². The molecular weight excluding hydrogens is 292 g/mol. The van der Waals surface area contributed by atoms with Crippen molar-refractivity contribution in [2.45, 2.75) is 46.0 Å². The lowest BCUT2D eigenvalue weighted by molar-refractivity contribution is -0.142. The third kappa shape index (κ3) is 5.64. The Labute approximate surface area is 126 Å². The van der Waals surface area contributed by atoms with E-state index in [1.165, 1.54) is 0 Å². The maximum atomic E-state index is 12.1. The molecule has 0 radical (unpaired) electrons. The Morgan fingerprint density at radius 3 is 2.38 bits per heavy atom. The molecule has 0 aliphatic heterocycles. The molecule has 21 heavy (non-hydrogen) atoms. The summed E-state index contributed by atoms with van der Waals surface area (Å²) in [4.78, 5) is 11.1. The van der Waals surface area contributed by atoms with E-state index in [1.807, 2.05) is 13.8 Å². The molecule has 0 aromatic rings. The van der Waals surface area contributed by atoms with Crippen molar-refractivity contribution in [3.63, 3.8) is 0 Å². The molecule has 1 aliphatic rings. The van der Waals surface area contributed by atoms with Gasteiger partial charge in [0, 0.05) is 6.54 Å². The van der Waals surface area contributed by atoms with E-state index >= 15 is 0 Å². The average Bonchev–Trinajstić information content (AvgIpc) is 2.82. The Kier molecular flexibility index (Phi) is 6.17. The number of aliphatic carboxylic acids is 1. The zero-order valence-electron chi connectivity index (χ0n) is 12.6. The number of rotatable bonds is 8. The Balaban J connectivity index is 2.63. The van der Waals surface area contributed by atoms with Gasteiger partial charge in [-0.05, 0) is 25.2 Å². The Morgan fingerprint density at radius 1 is 1.38 bits per heavy atom. The highest BCUT2D eigenvalue weighted by Gasteiger charge is 2.38. The van der Waals surface area contributed by atoms with Crippen LogP contribution in [0.4, 0.5) is 0 Å². The standard InChI is InChI=1S/C14H24N2O4S/c1-11(2)7-12(13(17)18)8-16-21(19,20)10-14(9-15)5-3-4-6-14/h11-12,16H,3-8,10H2,1-2H3,(H,17,18). The summed E-state index contributed by atoms with van der Waals surface area (Å²) in [6.45, 7) is 3.68. The fourth-order valence-corrected chi connectivity index (χ4v) is 4.46. The first kappa shape index (κ1) is 17.9. The molecule has 1 rings (SSSR count). The molecule has 6 nitrogen and oxygen atoms in total. The van der Waals surface area contributed by atoms with Gasteiger partial charge in [0.2, 0.25) is 10.0 Å². The molecule has 0 aromatic carbocycles. The number of sulfonamides is 1. The van der Waals surface area contributed by atoms with Gasteiger partial charge in [-0.15, -0.1) is 0 Å². The highest BCUT2D eigenvalue weighted by Crippen LogP contribution is 2.38. The van der Waals surface area contributed by atoms with Crippen molar-refractivity contribution in [1.29, 1.82) is 5.26 Å². The lowest BCUT2D eigenvalue weighted by atomic mass is 9.91. The molecule has 7 heteroatoms. The third-order valence-corrected chi connectivity index (χ3v) is 5.46. The van der Waals surface area contributed by atoms with Gasteiger partial charge in [-0.3, -0.25) is 4.79 Å². The van der Waals surface area contributed by atoms with Crippen LogP contribution >= 0.6 is 0 Å². The second kappa shape index (κ2) is 7.23. The molecule has 1 saturated carbocycles. The number of hydrogen-bond donors (Lipinski definition) is 2. The van der Waals surface area contributed by atoms with Crippen molar-refractivity contribution in [3.05, 3.63) is 0 Å². The zero-order chi connectivity index (χ0) is 16.1. The summed E-state index contributed by atoms with van der Waals surface area (Å²) in [5.74, 6) is -1.79. The van der Waals surface area contributed by atoms with Crippen LogP contribution in [0.2, 0.25) is 0 Å². The van der Waals surface area contributed by atoms with Crippen LogP contribution in [-0.2, 0) is 14.8 Å². The quantitative estimate of drug-likeness (QED) is 0.709. The Hall–Kier alpha value is -1.13. The van der Waals surface area contributed by atoms with Crippen LogP contribution < -0.4 is 4.72 Å². The first-order chi connectivity index (χ1) is 9.70. The van der Waals surface area contributed by atoms with Crippen LogP contribution in [0.1, 0.15) is 46.0 Å². The monoisotopic (exact) mass is 316 g/mol. The van der Waals surface area contributed by atoms with Crippen molar-refractivity contribution < 1.29 is 18.3 Å². The summed E-state index contributed by atoms with van der Waals surface area (Å²) in [7, 11) is -3.64. The lowest BCUT2D eigenvalue weighted by Gasteiger charge is -2.21. The van der Waals surface area contributed by atoms with Gasteiger partial charge in [0.1, 0.15) is 0 Å². The van der Waals surface area contributed by atoms with Gasteiger partial charge in [0.25, 0.3) is 0 Å². The van der Waals surface area contributed by atoms with Crippen molar-refractivity contribution >= 4 is 16.0 Å². The van der Waals surface area contributed by atoms with Gasteiger partial charge in [-0.2, -0.15) is 5.26 Å². The number of nitrogens with zero attached hydrogens (tertiary/aromatic N) is 1. The number of hydrogen-bond acceptors (Lipinski definition) is 4. The average molecular weight is 316 g/mol. The predicted molar refractivity (Wildman–Crippen MR) is 78.9 cm³/mol. The Morgan fingerprint density at radius 2 is 1.95 bits per heavy atom. The van der Waals surface area contributed by atoms with Gasteiger partial charge in [0.15, 0.2) is 0 Å². The number of nitrogens with one attached hydrogen (secondary N) is 1. The van der Waals surface area contributed by atoms with Crippen LogP contribution in [0.15, 0.2) is 0 Å². The zero-order valence-corrected chi connectivity index (χ0v) is 13.4. The van der Waals surface area contributed by atoms with E-state index in [0.717, 1.165) is 12.8 Å². The first-order valence-corrected chi connectivity index (χ1v) is 8.96. The summed E-state index contributed by atoms with van der Waals surface area (Å²) < 4.78 is 26.6. The number of carboxylic acid groups (broad SMARTS) is 1. The van der Waals surface area contributed by atoms with E-state index in [-0.39, 0.29) is 18.2 Å². The van der Waals surface area contributed by atoms with Gasteiger partial charge in [0.05, 0.1) is 23.2 Å². The van der Waals surface area contributed by atoms with Gasteiger partial charge < -0.3 is 5.11 Å². The Bertz CT molecular complexity index is 502. The van der Waals surface area contributed by atoms with E-state index in [9.17, 15) is 18.5 Å². The normalized spacial score (nSPS) is 19.3. The molecule has 1 aliphatic carbocycles. The second-order valence-electron chi connectivity index (χ2n) is 6.37. The molecule has 2 N–H and O–H groups in total. The van der Waals surface area contributed by atoms with Crippen LogP contribution in [0.5, 0.6) is 0 Å². The van der Waals surface area contributed by atoms with Crippen LogP contribution in [0, 0.1) is 28.6 Å². The summed E-state index contributed by atoms with van der Waals surface area (Å²) in [5, 5.41) is 18.3. The molecule has 0 spiro atoms. The van der Waals surface area contributed by atoms with Crippen molar-refractivity contribution in [2.75, 3.05) is 12.3 Å². The minimum atomic E-state index is -3.64. The summed E-state index contributed by atoms with van der Waals surface area (Å²) in [5.41, 5.74) is -0.803. The van der Waals surface area contributed by atoms with Gasteiger partial charge in [-0.25, -0.2) is 13.1 Å². The predicted octanol–water partition coefficient (Wildman–Crippen LogP) is 1.74. The van der Waals surface area contributed by atoms with Crippen molar-refractivity contribution in [3.8, 4) is 6.07 Å². The molecule has 1 unspecified atom stereocenters. The third-order valence-electron chi connectivity index (χ3n) is 3.92. The molecule has 0 heterocycles. The van der Waals surface area contributed by atoms with Crippen LogP contribution in [0.3, 0.4) is 0 Å². The van der Waals surface area contributed by atoms with Gasteiger partial charge >= 0.3 is 5.97 Å². The first-order valence-electron chi connectivity index (χ1n) is 7.31. The smallest absolute Gasteiger partial charge is 0.307 e. The highest BCUT2D eigenvalue weighted by molar-refractivity contribution is 7.89. The fourth-order valence-electron chi connectivity index (χ4n) is 2.82. The second-order valence-corrected chi connectivity index (χ2v) is 8.18. The highest BCUT2D eigenvalue weighted by atomic mass is 32.2. The largest absolute Gasteiger partial charge is 0.481 e. The summed E-state index contributed by atoms with van der Waals surface area (Å²) in [6.07, 6.45) is 3.35. The fraction of sp³-hybridized carbons (Fsp3) is 0.857. The minimum Gasteiger partial charge on any atom is -0.481 e. The van der Waals surface area contributed by atoms with Crippen LogP contribution in [-0.4, -0.2) is 31.8 Å². The molecule has 0 saturated heterocycles. The lowest BCUT2D eigenvalue weighted by Crippen LogP contribution is -2.39. The van der Waals surface area contributed by atoms with E-state index in [1.54, 1.807) is 0 Å². The molecule has 1 atom stereocenters. The molecule has 0 aromatic heterocycles. The SMILES string of the molecule is CC(C)CC(CNS(=O)(=O)CC1(C#N)CCCC1)C(=O)O. The van der Waals surface area contributed by atoms with E-state index < -0.39 is 27.3 Å². The maximum absolute atomic E-state index is 12.1. The summed E-state index contributed by atoms with van der Waals surface area (Å²) >= 11 is 0.